The lowest BCUT2D eigenvalue weighted by atomic mass is 9.77. The Kier molecular flexibility index (Phi) is 6.54. The highest BCUT2D eigenvalue weighted by Gasteiger charge is 2.53. The molecule has 1 unspecified atom stereocenters. The average molecular weight is 533 g/mol. The zero-order valence-electron chi connectivity index (χ0n) is 23.0. The molecule has 0 saturated heterocycles. The Morgan fingerprint density at radius 2 is 1.52 bits per heavy atom. The van der Waals surface area contributed by atoms with E-state index in [1.54, 1.807) is 19.1 Å². The van der Waals surface area contributed by atoms with E-state index >= 15 is 0 Å². The number of carbonyl (C=O) groups excluding carboxylic acids is 2. The summed E-state index contributed by atoms with van der Waals surface area (Å²) in [5, 5.41) is 3.42. The topological polar surface area (TPSA) is 67.9 Å². The monoisotopic (exact) mass is 532 g/mol. The summed E-state index contributed by atoms with van der Waals surface area (Å²) in [5.74, 6) is 1.00. The van der Waals surface area contributed by atoms with Gasteiger partial charge in [-0.05, 0) is 80.4 Å². The average Bonchev–Trinajstić information content (AvgIpc) is 3.26. The molecule has 0 aliphatic carbocycles. The normalized spacial score (nSPS) is 16.4. The second-order valence-corrected chi connectivity index (χ2v) is 10.4. The number of anilines is 3. The maximum atomic E-state index is 13.3. The van der Waals surface area contributed by atoms with Crippen LogP contribution < -0.4 is 15.0 Å². The summed E-state index contributed by atoms with van der Waals surface area (Å²) < 4.78 is 12.9. The van der Waals surface area contributed by atoms with Gasteiger partial charge in [0.15, 0.2) is 11.4 Å². The van der Waals surface area contributed by atoms with E-state index in [4.69, 9.17) is 9.47 Å². The van der Waals surface area contributed by atoms with Gasteiger partial charge in [-0.2, -0.15) is 0 Å². The molecule has 6 heteroatoms. The van der Waals surface area contributed by atoms with Crippen LogP contribution >= 0.6 is 0 Å². The van der Waals surface area contributed by atoms with Gasteiger partial charge in [-0.25, -0.2) is 4.79 Å². The number of esters is 1. The van der Waals surface area contributed by atoms with Gasteiger partial charge in [-0.15, -0.1) is 0 Å². The minimum absolute atomic E-state index is 0.0236. The highest BCUT2D eigenvalue weighted by molar-refractivity contribution is 5.97. The Hall–Kier alpha value is -4.58. The summed E-state index contributed by atoms with van der Waals surface area (Å²) in [6, 6.07) is 27.0. The van der Waals surface area contributed by atoms with Gasteiger partial charge in [-0.3, -0.25) is 4.79 Å². The van der Waals surface area contributed by atoms with Crippen molar-refractivity contribution in [2.75, 3.05) is 23.3 Å². The molecule has 4 aromatic carbocycles. The Morgan fingerprint density at radius 1 is 0.800 bits per heavy atom. The summed E-state index contributed by atoms with van der Waals surface area (Å²) in [7, 11) is 0. The molecule has 1 atom stereocenters. The lowest BCUT2D eigenvalue weighted by Crippen LogP contribution is -2.33. The van der Waals surface area contributed by atoms with E-state index in [2.05, 4.69) is 36.2 Å². The van der Waals surface area contributed by atoms with Crippen molar-refractivity contribution in [2.24, 2.45) is 0 Å². The first kappa shape index (κ1) is 25.7. The van der Waals surface area contributed by atoms with Crippen molar-refractivity contribution >= 4 is 28.8 Å². The summed E-state index contributed by atoms with van der Waals surface area (Å²) in [4.78, 5) is 27.3. The summed E-state index contributed by atoms with van der Waals surface area (Å²) in [6.07, 6.45) is 2.09. The SMILES string of the molecule is CCCN(CCC)c1ccc2c(c1)Oc1ccc(Nc3ccc(C(C)=O)cc3)cc1C21OC(=O)c2ccccc21. The fraction of sp³-hybridized carbons (Fsp3) is 0.235. The maximum absolute atomic E-state index is 13.3. The summed E-state index contributed by atoms with van der Waals surface area (Å²) in [6.45, 7) is 7.82. The van der Waals surface area contributed by atoms with Gasteiger partial charge in [0, 0.05) is 58.5 Å². The Morgan fingerprint density at radius 3 is 2.25 bits per heavy atom. The van der Waals surface area contributed by atoms with E-state index in [1.807, 2.05) is 60.7 Å². The number of carbonyl (C=O) groups is 2. The van der Waals surface area contributed by atoms with Crippen molar-refractivity contribution < 1.29 is 19.1 Å². The molecule has 1 N–H and O–H groups in total. The summed E-state index contributed by atoms with van der Waals surface area (Å²) in [5.41, 5.74) is 5.20. The van der Waals surface area contributed by atoms with E-state index in [0.717, 1.165) is 59.7 Å². The molecule has 2 aliphatic rings. The zero-order valence-corrected chi connectivity index (χ0v) is 23.0. The predicted molar refractivity (Wildman–Crippen MR) is 157 cm³/mol. The minimum Gasteiger partial charge on any atom is -0.456 e. The fourth-order valence-electron chi connectivity index (χ4n) is 5.80. The van der Waals surface area contributed by atoms with Crippen LogP contribution in [0, 0.1) is 0 Å². The third-order valence-electron chi connectivity index (χ3n) is 7.63. The Bertz CT molecular complexity index is 1610. The largest absolute Gasteiger partial charge is 0.456 e. The number of hydrogen-bond donors (Lipinski definition) is 1. The number of rotatable bonds is 8. The molecule has 1 spiro atoms. The van der Waals surface area contributed by atoms with Gasteiger partial charge >= 0.3 is 5.97 Å². The molecule has 40 heavy (non-hydrogen) atoms. The maximum Gasteiger partial charge on any atom is 0.340 e. The van der Waals surface area contributed by atoms with Crippen LogP contribution in [0.3, 0.4) is 0 Å². The quantitative estimate of drug-likeness (QED) is 0.184. The molecule has 6 rings (SSSR count). The minimum atomic E-state index is -1.13. The van der Waals surface area contributed by atoms with Gasteiger partial charge in [-0.1, -0.05) is 32.0 Å². The summed E-state index contributed by atoms with van der Waals surface area (Å²) >= 11 is 0. The smallest absolute Gasteiger partial charge is 0.340 e. The number of Topliss-reactive ketones (excluding diaryl/α,β-unsaturated/α-hetero) is 1. The van der Waals surface area contributed by atoms with Crippen LogP contribution in [0.1, 0.15) is 71.0 Å². The second-order valence-electron chi connectivity index (χ2n) is 10.4. The van der Waals surface area contributed by atoms with Crippen molar-refractivity contribution in [3.63, 3.8) is 0 Å². The standard InChI is InChI=1S/C34H32N2O4/c1-4-18-36(19-5-2)26-15-16-29-32(21-26)39-31-17-14-25(35-24-12-10-23(11-13-24)22(3)37)20-30(31)34(29)28-9-7-6-8-27(28)33(38)40-34/h6-17,20-21,35H,4-5,18-19H2,1-3H3. The molecular formula is C34H32N2O4. The molecule has 202 valence electrons. The zero-order chi connectivity index (χ0) is 27.9. The molecular weight excluding hydrogens is 500 g/mol. The van der Waals surface area contributed by atoms with Crippen molar-refractivity contribution in [3.05, 3.63) is 113 Å². The van der Waals surface area contributed by atoms with Crippen LogP contribution in [0.25, 0.3) is 0 Å². The van der Waals surface area contributed by atoms with Crippen LogP contribution in [0.4, 0.5) is 17.1 Å². The molecule has 0 bridgehead atoms. The molecule has 0 amide bonds. The van der Waals surface area contributed by atoms with Gasteiger partial charge in [0.05, 0.1) is 5.56 Å². The van der Waals surface area contributed by atoms with E-state index in [9.17, 15) is 9.59 Å². The third kappa shape index (κ3) is 4.20. The second kappa shape index (κ2) is 10.2. The van der Waals surface area contributed by atoms with Gasteiger partial charge in [0.25, 0.3) is 0 Å². The van der Waals surface area contributed by atoms with Gasteiger partial charge in [0.1, 0.15) is 11.5 Å². The van der Waals surface area contributed by atoms with Gasteiger partial charge in [0.2, 0.25) is 0 Å². The van der Waals surface area contributed by atoms with E-state index in [-0.39, 0.29) is 11.8 Å². The number of nitrogens with zero attached hydrogens (tertiary/aromatic N) is 1. The molecule has 0 saturated carbocycles. The number of fused-ring (bicyclic) bond motifs is 6. The molecule has 6 nitrogen and oxygen atoms in total. The Balaban J connectivity index is 1.48. The highest BCUT2D eigenvalue weighted by atomic mass is 16.6. The van der Waals surface area contributed by atoms with E-state index in [0.29, 0.717) is 22.6 Å². The first-order chi connectivity index (χ1) is 19.4. The number of hydrogen-bond acceptors (Lipinski definition) is 6. The van der Waals surface area contributed by atoms with Crippen molar-refractivity contribution in [3.8, 4) is 11.5 Å². The van der Waals surface area contributed by atoms with Gasteiger partial charge < -0.3 is 19.7 Å². The lowest BCUT2D eigenvalue weighted by Gasteiger charge is -2.37. The van der Waals surface area contributed by atoms with Crippen LogP contribution in [-0.2, 0) is 10.3 Å². The van der Waals surface area contributed by atoms with Crippen LogP contribution in [0.15, 0.2) is 84.9 Å². The molecule has 2 heterocycles. The number of ether oxygens (including phenoxy) is 2. The van der Waals surface area contributed by atoms with E-state index in [1.165, 1.54) is 0 Å². The molecule has 2 aliphatic heterocycles. The van der Waals surface area contributed by atoms with Crippen LogP contribution in [0.2, 0.25) is 0 Å². The molecule has 0 radical (unpaired) electrons. The van der Waals surface area contributed by atoms with Crippen LogP contribution in [0.5, 0.6) is 11.5 Å². The van der Waals surface area contributed by atoms with E-state index < -0.39 is 5.60 Å². The van der Waals surface area contributed by atoms with Crippen molar-refractivity contribution in [2.45, 2.75) is 39.2 Å². The molecule has 0 aromatic heterocycles. The third-order valence-corrected chi connectivity index (χ3v) is 7.63. The fourth-order valence-corrected chi connectivity index (χ4v) is 5.80. The number of ketones is 1. The lowest BCUT2D eigenvalue weighted by molar-refractivity contribution is 0.0224. The molecule has 4 aromatic rings. The first-order valence-electron chi connectivity index (χ1n) is 13.9. The van der Waals surface area contributed by atoms with Crippen molar-refractivity contribution in [1.29, 1.82) is 0 Å². The van der Waals surface area contributed by atoms with Crippen molar-refractivity contribution in [1.82, 2.24) is 0 Å². The predicted octanol–water partition coefficient (Wildman–Crippen LogP) is 7.83. The Labute approximate surface area is 234 Å². The first-order valence-corrected chi connectivity index (χ1v) is 13.9. The number of benzene rings is 4. The molecule has 0 fully saturated rings. The number of nitrogens with one attached hydrogen (secondary N) is 1. The van der Waals surface area contributed by atoms with Crippen LogP contribution in [-0.4, -0.2) is 24.8 Å². The highest BCUT2D eigenvalue weighted by Crippen LogP contribution is 2.57.